The first-order valence-electron chi connectivity index (χ1n) is 9.70. The summed E-state index contributed by atoms with van der Waals surface area (Å²) < 4.78 is 0.639. The van der Waals surface area contributed by atoms with Crippen LogP contribution in [0.25, 0.3) is 6.08 Å². The summed E-state index contributed by atoms with van der Waals surface area (Å²) >= 11 is 6.86. The number of amides is 1. The highest BCUT2D eigenvalue weighted by molar-refractivity contribution is 8.26. The zero-order valence-electron chi connectivity index (χ0n) is 16.1. The lowest BCUT2D eigenvalue weighted by Gasteiger charge is -2.37. The molecule has 2 aromatic carbocycles. The van der Waals surface area contributed by atoms with Crippen molar-refractivity contribution >= 4 is 46.0 Å². The van der Waals surface area contributed by atoms with Gasteiger partial charge in [0.15, 0.2) is 0 Å². The second kappa shape index (κ2) is 9.39. The van der Waals surface area contributed by atoms with Gasteiger partial charge in [-0.15, -0.1) is 0 Å². The molecule has 0 aromatic heterocycles. The molecule has 1 amide bonds. The Labute approximate surface area is 181 Å². The minimum atomic E-state index is 0.00296. The Bertz CT molecular complexity index is 920. The first-order valence-corrected chi connectivity index (χ1v) is 10.9. The Balaban J connectivity index is 1.33. The van der Waals surface area contributed by atoms with E-state index in [-0.39, 0.29) is 5.91 Å². The van der Waals surface area contributed by atoms with Crippen LogP contribution >= 0.6 is 24.0 Å². The van der Waals surface area contributed by atoms with Crippen LogP contribution in [0.5, 0.6) is 0 Å². The molecule has 0 bridgehead atoms. The average Bonchev–Trinajstić information content (AvgIpc) is 3.03. The normalized spacial score (nSPS) is 19.7. The quantitative estimate of drug-likeness (QED) is 0.532. The molecule has 4 nitrogen and oxygen atoms in total. The molecular weight excluding hydrogens is 398 g/mol. The van der Waals surface area contributed by atoms with E-state index >= 15 is 0 Å². The lowest BCUT2D eigenvalue weighted by atomic mass is 10.2. The third kappa shape index (κ3) is 4.96. The maximum atomic E-state index is 12.8. The van der Waals surface area contributed by atoms with E-state index in [0.29, 0.717) is 15.9 Å². The summed E-state index contributed by atoms with van der Waals surface area (Å²) in [6.45, 7) is 4.30. The summed E-state index contributed by atoms with van der Waals surface area (Å²) in [7, 11) is 0. The van der Waals surface area contributed by atoms with Crippen molar-refractivity contribution in [2.75, 3.05) is 37.7 Å². The molecule has 4 rings (SSSR count). The number of rotatable bonds is 5. The molecule has 148 valence electrons. The van der Waals surface area contributed by atoms with E-state index < -0.39 is 0 Å². The molecule has 6 heteroatoms. The summed E-state index contributed by atoms with van der Waals surface area (Å²) in [4.78, 5) is 19.9. The molecule has 0 spiro atoms. The molecule has 0 aliphatic carbocycles. The van der Waals surface area contributed by atoms with Crippen LogP contribution in [-0.2, 0) is 4.79 Å². The van der Waals surface area contributed by atoms with Crippen LogP contribution in [0.1, 0.15) is 5.56 Å². The number of hydrogen-bond donors (Lipinski definition) is 0. The van der Waals surface area contributed by atoms with Gasteiger partial charge in [-0.05, 0) is 23.8 Å². The number of thiocarbonyl (C=S) groups is 1. The number of anilines is 1. The molecule has 2 saturated heterocycles. The monoisotopic (exact) mass is 421 g/mol. The van der Waals surface area contributed by atoms with Crippen molar-refractivity contribution in [1.29, 1.82) is 0 Å². The van der Waals surface area contributed by atoms with Gasteiger partial charge in [0.05, 0.1) is 11.6 Å². The number of hydrogen-bond acceptors (Lipinski definition) is 5. The molecule has 0 unspecified atom stereocenters. The fraction of sp³-hybridized carbons (Fsp3) is 0.217. The van der Waals surface area contributed by atoms with E-state index in [4.69, 9.17) is 12.2 Å². The van der Waals surface area contributed by atoms with E-state index in [9.17, 15) is 4.79 Å². The van der Waals surface area contributed by atoms with Gasteiger partial charge in [-0.1, -0.05) is 84.7 Å². The zero-order chi connectivity index (χ0) is 20.1. The molecule has 29 heavy (non-hydrogen) atoms. The predicted molar refractivity (Wildman–Crippen MR) is 126 cm³/mol. The molecule has 0 saturated carbocycles. The summed E-state index contributed by atoms with van der Waals surface area (Å²) in [5, 5.41) is 0. The minimum Gasteiger partial charge on any atom is -0.369 e. The number of benzene rings is 2. The number of para-hydroxylation sites is 1. The number of thioether (sulfide) groups is 1. The summed E-state index contributed by atoms with van der Waals surface area (Å²) in [5.41, 5.74) is 2.36. The topological polar surface area (TPSA) is 26.8 Å². The van der Waals surface area contributed by atoms with Crippen LogP contribution in [-0.4, -0.2) is 52.9 Å². The first-order chi connectivity index (χ1) is 14.2. The predicted octanol–water partition coefficient (Wildman–Crippen LogP) is 4.22. The Hall–Kier alpha value is -2.41. The molecular formula is C23H23N3OS2. The number of piperazine rings is 1. The Kier molecular flexibility index (Phi) is 6.44. The smallest absolute Gasteiger partial charge is 0.267 e. The van der Waals surface area contributed by atoms with Crippen molar-refractivity contribution in [3.63, 3.8) is 0 Å². The van der Waals surface area contributed by atoms with E-state index in [2.05, 4.69) is 34.1 Å². The molecule has 2 aliphatic heterocycles. The Morgan fingerprint density at radius 1 is 0.931 bits per heavy atom. The van der Waals surface area contributed by atoms with E-state index in [0.717, 1.165) is 31.7 Å². The molecule has 0 atom stereocenters. The van der Waals surface area contributed by atoms with Gasteiger partial charge in [-0.3, -0.25) is 14.6 Å². The first kappa shape index (κ1) is 19.9. The van der Waals surface area contributed by atoms with Crippen molar-refractivity contribution in [2.24, 2.45) is 0 Å². The molecule has 2 fully saturated rings. The largest absolute Gasteiger partial charge is 0.369 e. The number of carbonyl (C=O) groups excluding carboxylic acids is 1. The van der Waals surface area contributed by atoms with Crippen molar-refractivity contribution in [1.82, 2.24) is 9.80 Å². The zero-order valence-corrected chi connectivity index (χ0v) is 17.7. The van der Waals surface area contributed by atoms with Crippen LogP contribution in [0.2, 0.25) is 0 Å². The average molecular weight is 422 g/mol. The van der Waals surface area contributed by atoms with Gasteiger partial charge in [0.25, 0.3) is 5.91 Å². The van der Waals surface area contributed by atoms with Crippen LogP contribution in [0.4, 0.5) is 5.69 Å². The molecule has 0 N–H and O–H groups in total. The van der Waals surface area contributed by atoms with Crippen molar-refractivity contribution < 1.29 is 4.79 Å². The highest BCUT2D eigenvalue weighted by Gasteiger charge is 2.33. The SMILES string of the molecule is O=C1C(=CC=Cc2ccccc2)SC(=S)N1CN1CCN(c2ccccc2)CC1. The van der Waals surface area contributed by atoms with Gasteiger partial charge in [0.2, 0.25) is 0 Å². The molecule has 2 heterocycles. The second-order valence-corrected chi connectivity index (χ2v) is 8.66. The fourth-order valence-corrected chi connectivity index (χ4v) is 4.63. The lowest BCUT2D eigenvalue weighted by Crippen LogP contribution is -2.50. The number of allylic oxidation sites excluding steroid dienone is 2. The van der Waals surface area contributed by atoms with Crippen LogP contribution in [0.3, 0.4) is 0 Å². The van der Waals surface area contributed by atoms with E-state index in [1.807, 2.05) is 54.6 Å². The highest BCUT2D eigenvalue weighted by atomic mass is 32.2. The minimum absolute atomic E-state index is 0.00296. The fourth-order valence-electron chi connectivity index (χ4n) is 3.43. The van der Waals surface area contributed by atoms with Crippen molar-refractivity contribution in [3.8, 4) is 0 Å². The number of carbonyl (C=O) groups is 1. The molecule has 2 aliphatic rings. The maximum absolute atomic E-state index is 12.8. The Morgan fingerprint density at radius 2 is 1.59 bits per heavy atom. The molecule has 2 aromatic rings. The second-order valence-electron chi connectivity index (χ2n) is 6.98. The van der Waals surface area contributed by atoms with Crippen LogP contribution in [0, 0.1) is 0 Å². The van der Waals surface area contributed by atoms with Crippen molar-refractivity contribution in [2.45, 2.75) is 0 Å². The molecule has 0 radical (unpaired) electrons. The van der Waals surface area contributed by atoms with Gasteiger partial charge < -0.3 is 4.90 Å². The highest BCUT2D eigenvalue weighted by Crippen LogP contribution is 2.31. The Morgan fingerprint density at radius 3 is 2.28 bits per heavy atom. The van der Waals surface area contributed by atoms with Crippen molar-refractivity contribution in [3.05, 3.63) is 83.3 Å². The number of nitrogens with zero attached hydrogens (tertiary/aromatic N) is 3. The maximum Gasteiger partial charge on any atom is 0.267 e. The van der Waals surface area contributed by atoms with E-state index in [1.165, 1.54) is 17.4 Å². The van der Waals surface area contributed by atoms with Crippen LogP contribution in [0.15, 0.2) is 77.7 Å². The third-order valence-corrected chi connectivity index (χ3v) is 6.44. The van der Waals surface area contributed by atoms with Gasteiger partial charge in [-0.25, -0.2) is 0 Å². The summed E-state index contributed by atoms with van der Waals surface area (Å²) in [6, 6.07) is 20.5. The standard InChI is InChI=1S/C23H23N3OS2/c27-22-21(13-7-10-19-8-3-1-4-9-19)29-23(28)26(22)18-24-14-16-25(17-15-24)20-11-5-2-6-12-20/h1-13H,14-18H2. The van der Waals surface area contributed by atoms with Gasteiger partial charge in [0, 0.05) is 31.9 Å². The van der Waals surface area contributed by atoms with Gasteiger partial charge in [0.1, 0.15) is 4.32 Å². The van der Waals surface area contributed by atoms with Gasteiger partial charge in [-0.2, -0.15) is 0 Å². The third-order valence-electron chi connectivity index (χ3n) is 5.04. The van der Waals surface area contributed by atoms with Crippen LogP contribution < -0.4 is 4.90 Å². The summed E-state index contributed by atoms with van der Waals surface area (Å²) in [6.07, 6.45) is 5.77. The summed E-state index contributed by atoms with van der Waals surface area (Å²) in [5.74, 6) is 0.00296. The van der Waals surface area contributed by atoms with E-state index in [1.54, 1.807) is 4.90 Å². The van der Waals surface area contributed by atoms with Gasteiger partial charge >= 0.3 is 0 Å². The lowest BCUT2D eigenvalue weighted by molar-refractivity contribution is -0.123.